The van der Waals surface area contributed by atoms with Crippen LogP contribution in [0.25, 0.3) is 0 Å². The SMILES string of the molecule is CCNC(=O)COc1cccc(CNC(=O)c2cc(S(=O)(=O)N(C)C)cn2C)c1. The van der Waals surface area contributed by atoms with Crippen LogP contribution < -0.4 is 15.4 Å². The molecule has 2 N–H and O–H groups in total. The summed E-state index contributed by atoms with van der Waals surface area (Å²) in [5.41, 5.74) is 1.01. The minimum Gasteiger partial charge on any atom is -0.484 e. The van der Waals surface area contributed by atoms with Gasteiger partial charge in [0.25, 0.3) is 11.8 Å². The second kappa shape index (κ2) is 9.57. The second-order valence-corrected chi connectivity index (χ2v) is 8.68. The number of sulfonamides is 1. The summed E-state index contributed by atoms with van der Waals surface area (Å²) in [6.45, 7) is 2.49. The zero-order valence-electron chi connectivity index (χ0n) is 16.9. The van der Waals surface area contributed by atoms with Crippen molar-refractivity contribution in [2.45, 2.75) is 18.4 Å². The van der Waals surface area contributed by atoms with E-state index in [1.54, 1.807) is 25.2 Å². The maximum Gasteiger partial charge on any atom is 0.268 e. The number of likely N-dealkylation sites (N-methyl/N-ethyl adjacent to an activating group) is 1. The number of rotatable bonds is 9. The Labute approximate surface area is 170 Å². The topological polar surface area (TPSA) is 110 Å². The first-order valence-electron chi connectivity index (χ1n) is 9.00. The molecule has 0 saturated carbocycles. The lowest BCUT2D eigenvalue weighted by molar-refractivity contribution is -0.122. The van der Waals surface area contributed by atoms with Crippen LogP contribution in [0, 0.1) is 0 Å². The van der Waals surface area contributed by atoms with Crippen molar-refractivity contribution in [3.8, 4) is 5.75 Å². The Bertz CT molecular complexity index is 982. The van der Waals surface area contributed by atoms with Crippen molar-refractivity contribution in [2.24, 2.45) is 7.05 Å². The summed E-state index contributed by atoms with van der Waals surface area (Å²) in [5, 5.41) is 5.40. The first kappa shape index (κ1) is 22.4. The van der Waals surface area contributed by atoms with Crippen LogP contribution in [-0.2, 0) is 28.4 Å². The van der Waals surface area contributed by atoms with E-state index in [9.17, 15) is 18.0 Å². The number of carbonyl (C=O) groups excluding carboxylic acids is 2. The fourth-order valence-electron chi connectivity index (χ4n) is 2.53. The fraction of sp³-hybridized carbons (Fsp3) is 0.368. The van der Waals surface area contributed by atoms with E-state index in [-0.39, 0.29) is 29.6 Å². The summed E-state index contributed by atoms with van der Waals surface area (Å²) in [4.78, 5) is 24.0. The van der Waals surface area contributed by atoms with E-state index in [1.807, 2.05) is 13.0 Å². The highest BCUT2D eigenvalue weighted by atomic mass is 32.2. The molecule has 0 fully saturated rings. The third kappa shape index (κ3) is 5.81. The van der Waals surface area contributed by atoms with Crippen molar-refractivity contribution in [3.63, 3.8) is 0 Å². The molecule has 158 valence electrons. The van der Waals surface area contributed by atoms with Gasteiger partial charge < -0.3 is 19.9 Å². The average molecular weight is 423 g/mol. The highest BCUT2D eigenvalue weighted by molar-refractivity contribution is 7.89. The zero-order chi connectivity index (χ0) is 21.6. The van der Waals surface area contributed by atoms with Gasteiger partial charge in [0.15, 0.2) is 6.61 Å². The summed E-state index contributed by atoms with van der Waals surface area (Å²) in [6, 6.07) is 8.37. The number of benzene rings is 1. The average Bonchev–Trinajstić information content (AvgIpc) is 3.07. The Hall–Kier alpha value is -2.85. The molecule has 29 heavy (non-hydrogen) atoms. The summed E-state index contributed by atoms with van der Waals surface area (Å²) < 4.78 is 32.4. The van der Waals surface area contributed by atoms with E-state index in [0.717, 1.165) is 9.87 Å². The third-order valence-electron chi connectivity index (χ3n) is 4.09. The van der Waals surface area contributed by atoms with Gasteiger partial charge >= 0.3 is 0 Å². The van der Waals surface area contributed by atoms with Crippen LogP contribution in [0.2, 0.25) is 0 Å². The van der Waals surface area contributed by atoms with Gasteiger partial charge in [-0.25, -0.2) is 12.7 Å². The zero-order valence-corrected chi connectivity index (χ0v) is 17.7. The van der Waals surface area contributed by atoms with Crippen LogP contribution in [0.5, 0.6) is 5.75 Å². The van der Waals surface area contributed by atoms with Gasteiger partial charge in [-0.05, 0) is 30.7 Å². The molecule has 0 radical (unpaired) electrons. The van der Waals surface area contributed by atoms with Gasteiger partial charge in [0.2, 0.25) is 10.0 Å². The fourth-order valence-corrected chi connectivity index (χ4v) is 3.50. The van der Waals surface area contributed by atoms with E-state index >= 15 is 0 Å². The first-order valence-corrected chi connectivity index (χ1v) is 10.4. The highest BCUT2D eigenvalue weighted by Crippen LogP contribution is 2.17. The summed E-state index contributed by atoms with van der Waals surface area (Å²) in [5.74, 6) is -0.0963. The molecule has 9 nitrogen and oxygen atoms in total. The van der Waals surface area contributed by atoms with E-state index in [2.05, 4.69) is 10.6 Å². The molecule has 0 unspecified atom stereocenters. The van der Waals surface area contributed by atoms with Gasteiger partial charge in [-0.1, -0.05) is 12.1 Å². The Kier molecular flexibility index (Phi) is 7.40. The normalized spacial score (nSPS) is 11.3. The second-order valence-electron chi connectivity index (χ2n) is 6.53. The van der Waals surface area contributed by atoms with E-state index < -0.39 is 15.9 Å². The van der Waals surface area contributed by atoms with Gasteiger partial charge in [-0.3, -0.25) is 9.59 Å². The summed E-state index contributed by atoms with van der Waals surface area (Å²) in [6.07, 6.45) is 1.40. The lowest BCUT2D eigenvalue weighted by Crippen LogP contribution is -2.28. The molecule has 0 saturated heterocycles. The van der Waals surface area contributed by atoms with Crippen LogP contribution >= 0.6 is 0 Å². The van der Waals surface area contributed by atoms with Crippen molar-refractivity contribution >= 4 is 21.8 Å². The number of aromatic nitrogens is 1. The molecule has 2 aromatic rings. The van der Waals surface area contributed by atoms with Crippen molar-refractivity contribution in [1.82, 2.24) is 19.5 Å². The quantitative estimate of drug-likeness (QED) is 0.619. The smallest absolute Gasteiger partial charge is 0.268 e. The molecule has 1 heterocycles. The molecule has 1 aromatic carbocycles. The predicted octanol–water partition coefficient (Wildman–Crippen LogP) is 0.720. The summed E-state index contributed by atoms with van der Waals surface area (Å²) >= 11 is 0. The van der Waals surface area contributed by atoms with Gasteiger partial charge in [-0.15, -0.1) is 0 Å². The molecule has 0 spiro atoms. The first-order chi connectivity index (χ1) is 13.6. The number of ether oxygens (including phenoxy) is 1. The van der Waals surface area contributed by atoms with Crippen LogP contribution in [0.15, 0.2) is 41.4 Å². The van der Waals surface area contributed by atoms with Crippen LogP contribution in [-0.4, -0.2) is 56.4 Å². The number of nitrogens with zero attached hydrogens (tertiary/aromatic N) is 2. The van der Waals surface area contributed by atoms with E-state index in [1.165, 1.54) is 30.9 Å². The molecule has 10 heteroatoms. The Morgan fingerprint density at radius 1 is 1.17 bits per heavy atom. The third-order valence-corrected chi connectivity index (χ3v) is 5.87. The summed E-state index contributed by atoms with van der Waals surface area (Å²) in [7, 11) is 0.858. The number of hydrogen-bond acceptors (Lipinski definition) is 5. The maximum atomic E-state index is 12.5. The van der Waals surface area contributed by atoms with Crippen molar-refractivity contribution in [1.29, 1.82) is 0 Å². The van der Waals surface area contributed by atoms with Crippen molar-refractivity contribution < 1.29 is 22.7 Å². The molecule has 0 atom stereocenters. The molecular weight excluding hydrogens is 396 g/mol. The van der Waals surface area contributed by atoms with Gasteiger partial charge in [0.05, 0.1) is 0 Å². The lowest BCUT2D eigenvalue weighted by Gasteiger charge is -2.09. The molecule has 2 rings (SSSR count). The van der Waals surface area contributed by atoms with Crippen molar-refractivity contribution in [3.05, 3.63) is 47.8 Å². The molecular formula is C19H26N4O5S. The van der Waals surface area contributed by atoms with Crippen LogP contribution in [0.3, 0.4) is 0 Å². The molecule has 0 aliphatic heterocycles. The van der Waals surface area contributed by atoms with Gasteiger partial charge in [-0.2, -0.15) is 0 Å². The number of aryl methyl sites for hydroxylation is 1. The maximum absolute atomic E-state index is 12.5. The van der Waals surface area contributed by atoms with Gasteiger partial charge in [0, 0.05) is 40.4 Å². The standard InChI is InChI=1S/C19H26N4O5S/c1-5-20-18(24)13-28-15-8-6-7-14(9-15)11-21-19(25)17-10-16(12-23(17)4)29(26,27)22(2)3/h6-10,12H,5,11,13H2,1-4H3,(H,20,24)(H,21,25). The van der Waals surface area contributed by atoms with Crippen molar-refractivity contribution in [2.75, 3.05) is 27.2 Å². The number of nitrogens with one attached hydrogen (secondary N) is 2. The molecule has 2 amide bonds. The van der Waals surface area contributed by atoms with Crippen LogP contribution in [0.1, 0.15) is 23.0 Å². The van der Waals surface area contributed by atoms with Gasteiger partial charge in [0.1, 0.15) is 16.3 Å². The predicted molar refractivity (Wildman–Crippen MR) is 108 cm³/mol. The Morgan fingerprint density at radius 3 is 2.55 bits per heavy atom. The monoisotopic (exact) mass is 422 g/mol. The number of hydrogen-bond donors (Lipinski definition) is 2. The molecule has 0 aliphatic rings. The number of carbonyl (C=O) groups is 2. The Morgan fingerprint density at radius 2 is 1.90 bits per heavy atom. The van der Waals surface area contributed by atoms with E-state index in [0.29, 0.717) is 12.3 Å². The van der Waals surface area contributed by atoms with E-state index in [4.69, 9.17) is 4.74 Å². The highest BCUT2D eigenvalue weighted by Gasteiger charge is 2.22. The Balaban J connectivity index is 2.02. The minimum absolute atomic E-state index is 0.0518. The minimum atomic E-state index is -3.62. The number of amides is 2. The molecule has 0 bridgehead atoms. The lowest BCUT2D eigenvalue weighted by atomic mass is 10.2. The largest absolute Gasteiger partial charge is 0.484 e. The van der Waals surface area contributed by atoms with Crippen LogP contribution in [0.4, 0.5) is 0 Å². The molecule has 1 aromatic heterocycles. The molecule has 0 aliphatic carbocycles.